The van der Waals surface area contributed by atoms with E-state index in [0.717, 1.165) is 37.6 Å². The number of aliphatic hydroxyl groups is 1. The molecular weight excluding hydrogens is 391 g/mol. The quantitative estimate of drug-likeness (QED) is 0.587. The molecule has 1 aliphatic heterocycles. The fraction of sp³-hybridized carbons (Fsp3) is 0.280. The van der Waals surface area contributed by atoms with Gasteiger partial charge >= 0.3 is 0 Å². The van der Waals surface area contributed by atoms with Crippen LogP contribution in [0.3, 0.4) is 0 Å². The molecule has 0 aromatic carbocycles. The van der Waals surface area contributed by atoms with Gasteiger partial charge in [-0.1, -0.05) is 49.0 Å². The normalized spacial score (nSPS) is 20.0. The topological polar surface area (TPSA) is 52.5 Å². The molecule has 160 valence electrons. The molecule has 3 rings (SSSR count). The van der Waals surface area contributed by atoms with Crippen molar-refractivity contribution in [2.75, 3.05) is 37.6 Å². The maximum Gasteiger partial charge on any atom is 0.151 e. The summed E-state index contributed by atoms with van der Waals surface area (Å²) in [4.78, 5) is 4.40. The molecular formula is C25H27FN4O. The molecule has 5 nitrogen and oxygen atoms in total. The lowest BCUT2D eigenvalue weighted by atomic mass is 10.2. The Hall–Kier alpha value is -3.27. The smallest absolute Gasteiger partial charge is 0.151 e. The van der Waals surface area contributed by atoms with Gasteiger partial charge in [0.2, 0.25) is 0 Å². The zero-order valence-electron chi connectivity index (χ0n) is 17.7. The van der Waals surface area contributed by atoms with Gasteiger partial charge in [0.15, 0.2) is 5.82 Å². The van der Waals surface area contributed by atoms with E-state index in [0.29, 0.717) is 17.8 Å². The maximum absolute atomic E-state index is 13.7. The van der Waals surface area contributed by atoms with Gasteiger partial charge in [-0.3, -0.25) is 4.90 Å². The minimum absolute atomic E-state index is 0.163. The van der Waals surface area contributed by atoms with Gasteiger partial charge < -0.3 is 10.0 Å². The first kappa shape index (κ1) is 22.4. The lowest BCUT2D eigenvalue weighted by molar-refractivity contribution is 0.271. The summed E-state index contributed by atoms with van der Waals surface area (Å²) in [5.41, 5.74) is 1.99. The van der Waals surface area contributed by atoms with Crippen LogP contribution in [0.1, 0.15) is 12.6 Å². The van der Waals surface area contributed by atoms with Crippen molar-refractivity contribution in [3.8, 4) is 11.8 Å². The van der Waals surface area contributed by atoms with Crippen molar-refractivity contribution in [3.63, 3.8) is 0 Å². The Morgan fingerprint density at radius 3 is 2.71 bits per heavy atom. The van der Waals surface area contributed by atoms with E-state index < -0.39 is 6.10 Å². The molecule has 0 radical (unpaired) electrons. The number of aromatic nitrogens is 2. The summed E-state index contributed by atoms with van der Waals surface area (Å²) in [5, 5.41) is 18.3. The lowest BCUT2D eigenvalue weighted by Gasteiger charge is -2.35. The number of rotatable bonds is 5. The highest BCUT2D eigenvalue weighted by Crippen LogP contribution is 2.16. The third kappa shape index (κ3) is 6.88. The van der Waals surface area contributed by atoms with Crippen molar-refractivity contribution in [1.82, 2.24) is 15.1 Å². The van der Waals surface area contributed by atoms with Crippen LogP contribution in [0.2, 0.25) is 0 Å². The van der Waals surface area contributed by atoms with Gasteiger partial charge in [0, 0.05) is 38.3 Å². The highest BCUT2D eigenvalue weighted by Gasteiger charge is 2.19. The van der Waals surface area contributed by atoms with Crippen molar-refractivity contribution in [2.24, 2.45) is 0 Å². The Morgan fingerprint density at radius 1 is 1.23 bits per heavy atom. The largest absolute Gasteiger partial charge is 0.385 e. The first-order chi connectivity index (χ1) is 15.0. The molecule has 0 saturated carbocycles. The van der Waals surface area contributed by atoms with Crippen molar-refractivity contribution >= 4 is 5.82 Å². The van der Waals surface area contributed by atoms with E-state index in [4.69, 9.17) is 0 Å². The van der Waals surface area contributed by atoms with Crippen LogP contribution >= 0.6 is 0 Å². The molecule has 1 aliphatic carbocycles. The van der Waals surface area contributed by atoms with Gasteiger partial charge in [-0.15, -0.1) is 10.2 Å². The minimum atomic E-state index is -0.634. The summed E-state index contributed by atoms with van der Waals surface area (Å²) in [5.74, 6) is 6.64. The second-order valence-corrected chi connectivity index (χ2v) is 7.30. The van der Waals surface area contributed by atoms with Gasteiger partial charge in [0.25, 0.3) is 0 Å². The van der Waals surface area contributed by atoms with Crippen molar-refractivity contribution < 1.29 is 9.50 Å². The van der Waals surface area contributed by atoms with Crippen LogP contribution in [0.4, 0.5) is 10.2 Å². The molecule has 1 fully saturated rings. The summed E-state index contributed by atoms with van der Waals surface area (Å²) in [6.45, 7) is 8.94. The van der Waals surface area contributed by atoms with Crippen LogP contribution in [0.25, 0.3) is 0 Å². The Morgan fingerprint density at radius 2 is 2.03 bits per heavy atom. The molecule has 1 atom stereocenters. The molecule has 1 aromatic rings. The summed E-state index contributed by atoms with van der Waals surface area (Å²) in [6, 6.07) is 3.77. The predicted molar refractivity (Wildman–Crippen MR) is 123 cm³/mol. The zero-order valence-corrected chi connectivity index (χ0v) is 17.7. The first-order valence-electron chi connectivity index (χ1n) is 10.3. The number of hydrogen-bond acceptors (Lipinski definition) is 5. The van der Waals surface area contributed by atoms with Crippen molar-refractivity contribution in [3.05, 3.63) is 90.0 Å². The second kappa shape index (κ2) is 11.2. The van der Waals surface area contributed by atoms with Crippen LogP contribution in [0, 0.1) is 11.8 Å². The van der Waals surface area contributed by atoms with E-state index in [1.165, 1.54) is 6.92 Å². The molecule has 2 heterocycles. The predicted octanol–water partition coefficient (Wildman–Crippen LogP) is 3.35. The molecule has 1 saturated heterocycles. The monoisotopic (exact) mass is 418 g/mol. The number of piperazine rings is 1. The number of hydrogen-bond donors (Lipinski definition) is 1. The van der Waals surface area contributed by atoms with E-state index in [2.05, 4.69) is 38.4 Å². The van der Waals surface area contributed by atoms with Crippen LogP contribution in [0.15, 0.2) is 84.3 Å². The number of nitrogens with zero attached hydrogens (tertiary/aromatic N) is 4. The maximum atomic E-state index is 13.7. The van der Waals surface area contributed by atoms with E-state index in [-0.39, 0.29) is 5.83 Å². The van der Waals surface area contributed by atoms with Gasteiger partial charge in [0.05, 0.1) is 6.10 Å². The van der Waals surface area contributed by atoms with E-state index in [1.807, 2.05) is 24.3 Å². The molecule has 1 unspecified atom stereocenters. The average Bonchev–Trinajstić information content (AvgIpc) is 2.99. The summed E-state index contributed by atoms with van der Waals surface area (Å²) >= 11 is 0. The molecule has 1 aromatic heterocycles. The van der Waals surface area contributed by atoms with Crippen LogP contribution in [0.5, 0.6) is 0 Å². The molecule has 2 aliphatic rings. The Labute approximate surface area is 183 Å². The Bertz CT molecular complexity index is 981. The third-order valence-electron chi connectivity index (χ3n) is 5.00. The van der Waals surface area contributed by atoms with E-state index in [1.54, 1.807) is 36.5 Å². The second-order valence-electron chi connectivity index (χ2n) is 7.30. The van der Waals surface area contributed by atoms with Gasteiger partial charge in [-0.05, 0) is 42.7 Å². The molecule has 0 bridgehead atoms. The molecule has 1 N–H and O–H groups in total. The molecule has 6 heteroatoms. The number of halogens is 1. The summed E-state index contributed by atoms with van der Waals surface area (Å²) < 4.78 is 13.7. The summed E-state index contributed by atoms with van der Waals surface area (Å²) in [6.07, 6.45) is 13.4. The SMILES string of the molecule is C=C/C=C\C(CN1CCN(c2ccc(C#CC3=CC(O)C=CC=C3)nn2)CC1)=C(/C)F. The van der Waals surface area contributed by atoms with Gasteiger partial charge in [-0.25, -0.2) is 4.39 Å². The minimum Gasteiger partial charge on any atom is -0.385 e. The molecule has 0 spiro atoms. The standard InChI is InChI=1S/C25H27FN4O/c1-3-4-8-22(20(2)26)19-29-14-16-30(17-15-29)25-13-12-23(27-28-25)11-10-21-7-5-6-9-24(31)18-21/h3-9,12-13,18,24,31H,1,14-17,19H2,2H3/b8-4-,22-20-. The van der Waals surface area contributed by atoms with Crippen LogP contribution in [-0.4, -0.2) is 59.0 Å². The highest BCUT2D eigenvalue weighted by atomic mass is 19.1. The molecule has 0 amide bonds. The van der Waals surface area contributed by atoms with Gasteiger partial charge in [0.1, 0.15) is 11.5 Å². The number of aliphatic hydroxyl groups excluding tert-OH is 1. The van der Waals surface area contributed by atoms with Gasteiger partial charge in [-0.2, -0.15) is 0 Å². The zero-order chi connectivity index (χ0) is 22.1. The van der Waals surface area contributed by atoms with Crippen molar-refractivity contribution in [1.29, 1.82) is 0 Å². The van der Waals surface area contributed by atoms with Crippen LogP contribution < -0.4 is 4.90 Å². The number of allylic oxidation sites excluding steroid dienone is 7. The van der Waals surface area contributed by atoms with Crippen molar-refractivity contribution in [2.45, 2.75) is 13.0 Å². The fourth-order valence-corrected chi connectivity index (χ4v) is 3.25. The highest BCUT2D eigenvalue weighted by molar-refractivity contribution is 5.47. The van der Waals surface area contributed by atoms with E-state index >= 15 is 0 Å². The number of anilines is 1. The van der Waals surface area contributed by atoms with E-state index in [9.17, 15) is 9.50 Å². The molecule has 31 heavy (non-hydrogen) atoms. The Balaban J connectivity index is 1.56. The average molecular weight is 419 g/mol. The third-order valence-corrected chi connectivity index (χ3v) is 5.00. The Kier molecular flexibility index (Phi) is 8.11. The van der Waals surface area contributed by atoms with Crippen LogP contribution in [-0.2, 0) is 0 Å². The summed E-state index contributed by atoms with van der Waals surface area (Å²) in [7, 11) is 0. The first-order valence-corrected chi connectivity index (χ1v) is 10.3. The fourth-order valence-electron chi connectivity index (χ4n) is 3.25. The lowest BCUT2D eigenvalue weighted by Crippen LogP contribution is -2.47.